The summed E-state index contributed by atoms with van der Waals surface area (Å²) < 4.78 is 25.1. The maximum Gasteiger partial charge on any atom is 0.334 e. The lowest BCUT2D eigenvalue weighted by Gasteiger charge is -2.26. The van der Waals surface area contributed by atoms with Gasteiger partial charge < -0.3 is 9.47 Å². The molecule has 158 valence electrons. The highest BCUT2D eigenvalue weighted by Gasteiger charge is 2.33. The summed E-state index contributed by atoms with van der Waals surface area (Å²) in [5, 5.41) is 0.00270. The average molecular weight is 446 g/mol. The van der Waals surface area contributed by atoms with Crippen LogP contribution in [0.3, 0.4) is 0 Å². The van der Waals surface area contributed by atoms with Crippen LogP contribution in [0.25, 0.3) is 0 Å². The average Bonchev–Trinajstić information content (AvgIpc) is 2.71. The molecule has 1 aliphatic carbocycles. The Morgan fingerprint density at radius 3 is 2.34 bits per heavy atom. The first-order valence-corrected chi connectivity index (χ1v) is 10.2. The minimum Gasteiger partial charge on any atom is -0.492 e. The zero-order chi connectivity index (χ0) is 21.6. The van der Waals surface area contributed by atoms with Crippen LogP contribution in [0.1, 0.15) is 39.5 Å². The van der Waals surface area contributed by atoms with E-state index in [9.17, 15) is 18.8 Å². The van der Waals surface area contributed by atoms with Gasteiger partial charge >= 0.3 is 5.97 Å². The Kier molecular flexibility index (Phi) is 8.46. The normalized spacial score (nSPS) is 13.8. The van der Waals surface area contributed by atoms with Crippen LogP contribution >= 0.6 is 23.2 Å². The third-order valence-electron chi connectivity index (χ3n) is 4.36. The predicted octanol–water partition coefficient (Wildman–Crippen LogP) is 4.41. The van der Waals surface area contributed by atoms with E-state index in [1.807, 2.05) is 0 Å². The molecule has 0 radical (unpaired) electrons. The Labute approximate surface area is 178 Å². The smallest absolute Gasteiger partial charge is 0.334 e. The Morgan fingerprint density at radius 2 is 1.76 bits per heavy atom. The van der Waals surface area contributed by atoms with Gasteiger partial charge in [0.2, 0.25) is 5.91 Å². The van der Waals surface area contributed by atoms with Crippen molar-refractivity contribution >= 4 is 46.7 Å². The second kappa shape index (κ2) is 10.6. The molecule has 0 saturated heterocycles. The number of carbonyl (C=O) groups is 3. The van der Waals surface area contributed by atoms with Crippen molar-refractivity contribution in [3.63, 3.8) is 0 Å². The molecular weight excluding hydrogens is 424 g/mol. The summed E-state index contributed by atoms with van der Waals surface area (Å²) in [4.78, 5) is 38.7. The van der Waals surface area contributed by atoms with Gasteiger partial charge in [0.05, 0.1) is 23.9 Å². The van der Waals surface area contributed by atoms with Gasteiger partial charge in [0.1, 0.15) is 17.4 Å². The van der Waals surface area contributed by atoms with E-state index >= 15 is 0 Å². The molecule has 2 amide bonds. The number of rotatable bonds is 7. The first-order valence-electron chi connectivity index (χ1n) is 9.29. The predicted molar refractivity (Wildman–Crippen MR) is 108 cm³/mol. The van der Waals surface area contributed by atoms with E-state index in [4.69, 9.17) is 32.7 Å². The summed E-state index contributed by atoms with van der Waals surface area (Å²) in [6.07, 6.45) is 1.97. The standard InChI is InChI=1S/C20H22Cl2FNO5/c1-3-28-17-10-16(15(23)9-14(17)22)24(18(25)11-21)19(26)12-7-5-6-8-13(12)20(27)29-4-2/h9-10H,3-8,11H2,1-2H3. The minimum atomic E-state index is -0.889. The molecule has 2 rings (SSSR count). The van der Waals surface area contributed by atoms with E-state index in [0.29, 0.717) is 24.2 Å². The highest BCUT2D eigenvalue weighted by molar-refractivity contribution is 6.35. The Hall–Kier alpha value is -2.12. The van der Waals surface area contributed by atoms with Crippen LogP contribution < -0.4 is 9.64 Å². The first kappa shape index (κ1) is 23.2. The third kappa shape index (κ3) is 5.28. The molecule has 6 nitrogen and oxygen atoms in total. The number of ether oxygens (including phenoxy) is 2. The van der Waals surface area contributed by atoms with Crippen molar-refractivity contribution in [1.29, 1.82) is 0 Å². The van der Waals surface area contributed by atoms with Gasteiger partial charge in [-0.1, -0.05) is 11.6 Å². The van der Waals surface area contributed by atoms with Gasteiger partial charge in [-0.2, -0.15) is 0 Å². The number of carbonyl (C=O) groups excluding carboxylic acids is 3. The SMILES string of the molecule is CCOC(=O)C1=C(C(=O)N(C(=O)CCl)c2cc(OCC)c(Cl)cc2F)CCCC1. The summed E-state index contributed by atoms with van der Waals surface area (Å²) in [7, 11) is 0. The van der Waals surface area contributed by atoms with E-state index in [0.717, 1.165) is 6.07 Å². The number of imide groups is 1. The van der Waals surface area contributed by atoms with Crippen LogP contribution in [-0.4, -0.2) is 36.9 Å². The maximum atomic E-state index is 14.7. The lowest BCUT2D eigenvalue weighted by Crippen LogP contribution is -2.40. The van der Waals surface area contributed by atoms with Gasteiger partial charge in [0.15, 0.2) is 0 Å². The molecule has 1 aromatic carbocycles. The topological polar surface area (TPSA) is 72.9 Å². The van der Waals surface area contributed by atoms with Gasteiger partial charge in [0.25, 0.3) is 5.91 Å². The fourth-order valence-electron chi connectivity index (χ4n) is 3.09. The molecule has 0 aliphatic heterocycles. The fourth-order valence-corrected chi connectivity index (χ4v) is 3.42. The van der Waals surface area contributed by atoms with Crippen LogP contribution in [0.4, 0.5) is 10.1 Å². The third-order valence-corrected chi connectivity index (χ3v) is 4.88. The highest BCUT2D eigenvalue weighted by Crippen LogP contribution is 2.35. The van der Waals surface area contributed by atoms with E-state index in [1.165, 1.54) is 6.07 Å². The molecule has 0 heterocycles. The number of hydrogen-bond acceptors (Lipinski definition) is 5. The van der Waals surface area contributed by atoms with Crippen molar-refractivity contribution in [3.8, 4) is 5.75 Å². The molecule has 9 heteroatoms. The second-order valence-electron chi connectivity index (χ2n) is 6.22. The van der Waals surface area contributed by atoms with Crippen LogP contribution in [0.2, 0.25) is 5.02 Å². The van der Waals surface area contributed by atoms with E-state index in [-0.39, 0.29) is 47.2 Å². The minimum absolute atomic E-state index is 0.00270. The van der Waals surface area contributed by atoms with Crippen LogP contribution in [0, 0.1) is 5.82 Å². The number of alkyl halides is 1. The molecule has 0 atom stereocenters. The van der Waals surface area contributed by atoms with Crippen molar-refractivity contribution in [1.82, 2.24) is 0 Å². The molecule has 0 saturated carbocycles. The Balaban J connectivity index is 2.58. The summed E-state index contributed by atoms with van der Waals surface area (Å²) >= 11 is 11.7. The van der Waals surface area contributed by atoms with Gasteiger partial charge in [0, 0.05) is 17.2 Å². The molecule has 1 aromatic rings. The molecular formula is C20H22Cl2FNO5. The summed E-state index contributed by atoms with van der Waals surface area (Å²) in [6, 6.07) is 2.14. The maximum absolute atomic E-state index is 14.7. The quantitative estimate of drug-likeness (QED) is 0.458. The first-order chi connectivity index (χ1) is 13.8. The molecule has 0 fully saturated rings. The van der Waals surface area contributed by atoms with Crippen molar-refractivity contribution in [2.24, 2.45) is 0 Å². The molecule has 0 spiro atoms. The number of hydrogen-bond donors (Lipinski definition) is 0. The summed E-state index contributed by atoms with van der Waals surface area (Å²) in [5.41, 5.74) is -0.00913. The molecule has 0 bridgehead atoms. The lowest BCUT2D eigenvalue weighted by atomic mass is 9.90. The number of benzene rings is 1. The zero-order valence-electron chi connectivity index (χ0n) is 16.2. The van der Waals surface area contributed by atoms with Crippen molar-refractivity contribution in [2.45, 2.75) is 39.5 Å². The van der Waals surface area contributed by atoms with Crippen molar-refractivity contribution in [3.05, 3.63) is 34.1 Å². The van der Waals surface area contributed by atoms with Crippen molar-refractivity contribution in [2.75, 3.05) is 24.0 Å². The van der Waals surface area contributed by atoms with Gasteiger partial charge in [-0.05, 0) is 45.6 Å². The summed E-state index contributed by atoms with van der Waals surface area (Å²) in [6.45, 7) is 3.77. The Bertz CT molecular complexity index is 840. The van der Waals surface area contributed by atoms with Crippen LogP contribution in [-0.2, 0) is 19.1 Å². The number of halogens is 3. The van der Waals surface area contributed by atoms with Gasteiger partial charge in [-0.25, -0.2) is 14.1 Å². The summed E-state index contributed by atoms with van der Waals surface area (Å²) in [5.74, 6) is -3.57. The number of nitrogens with zero attached hydrogens (tertiary/aromatic N) is 1. The molecule has 29 heavy (non-hydrogen) atoms. The van der Waals surface area contributed by atoms with Crippen LogP contribution in [0.5, 0.6) is 5.75 Å². The van der Waals surface area contributed by atoms with Crippen LogP contribution in [0.15, 0.2) is 23.3 Å². The Morgan fingerprint density at radius 1 is 1.10 bits per heavy atom. The monoisotopic (exact) mass is 445 g/mol. The zero-order valence-corrected chi connectivity index (χ0v) is 17.7. The molecule has 1 aliphatic rings. The lowest BCUT2D eigenvalue weighted by molar-refractivity contribution is -0.139. The van der Waals surface area contributed by atoms with Gasteiger partial charge in [-0.15, -0.1) is 11.6 Å². The van der Waals surface area contributed by atoms with E-state index in [1.54, 1.807) is 13.8 Å². The highest BCUT2D eigenvalue weighted by atomic mass is 35.5. The molecule has 0 N–H and O–H groups in total. The molecule has 0 aromatic heterocycles. The molecule has 0 unspecified atom stereocenters. The van der Waals surface area contributed by atoms with E-state index in [2.05, 4.69) is 0 Å². The van der Waals surface area contributed by atoms with Crippen molar-refractivity contribution < 1.29 is 28.2 Å². The largest absolute Gasteiger partial charge is 0.492 e. The van der Waals surface area contributed by atoms with Gasteiger partial charge in [-0.3, -0.25) is 9.59 Å². The number of anilines is 1. The second-order valence-corrected chi connectivity index (χ2v) is 6.89. The number of amides is 2. The van der Waals surface area contributed by atoms with E-state index < -0.39 is 29.5 Å². The number of esters is 1. The fraction of sp³-hybridized carbons (Fsp3) is 0.450.